The number of nitrogens with one attached hydrogen (secondary N) is 2. The summed E-state index contributed by atoms with van der Waals surface area (Å²) in [7, 11) is 0. The first-order valence-corrected chi connectivity index (χ1v) is 17.4. The Morgan fingerprint density at radius 1 is 0.941 bits per heavy atom. The highest BCUT2D eigenvalue weighted by Gasteiger charge is 2.56. The Labute approximate surface area is 295 Å². The molecule has 1 atom stereocenters. The Hall–Kier alpha value is -5.10. The largest absolute Gasteiger partial charge is 0.493 e. The number of hydrogen-bond donors (Lipinski definition) is 2. The van der Waals surface area contributed by atoms with Crippen molar-refractivity contribution in [3.05, 3.63) is 84.6 Å². The minimum Gasteiger partial charge on any atom is -0.493 e. The Morgan fingerprint density at radius 2 is 1.69 bits per heavy atom. The molecule has 0 radical (unpaired) electrons. The van der Waals surface area contributed by atoms with Crippen molar-refractivity contribution >= 4 is 40.1 Å². The van der Waals surface area contributed by atoms with Crippen molar-refractivity contribution in [1.29, 1.82) is 0 Å². The molecule has 10 nitrogen and oxygen atoms in total. The number of carbonyl (C=O) groups excluding carboxylic acids is 3. The van der Waals surface area contributed by atoms with Crippen molar-refractivity contribution in [1.82, 2.24) is 9.88 Å². The molecular weight excluding hydrogens is 658 g/mol. The van der Waals surface area contributed by atoms with Gasteiger partial charge >= 0.3 is 5.97 Å². The summed E-state index contributed by atoms with van der Waals surface area (Å²) >= 11 is 0. The van der Waals surface area contributed by atoms with E-state index in [-0.39, 0.29) is 29.4 Å². The molecule has 1 saturated heterocycles. The predicted octanol–water partition coefficient (Wildman–Crippen LogP) is 7.49. The molecule has 3 aromatic carbocycles. The summed E-state index contributed by atoms with van der Waals surface area (Å²) < 4.78 is 45.9. The molecule has 1 aromatic heterocycles. The van der Waals surface area contributed by atoms with Crippen LogP contribution < -0.4 is 20.1 Å². The van der Waals surface area contributed by atoms with E-state index in [0.29, 0.717) is 60.6 Å². The number of fused-ring (bicyclic) bond motifs is 1. The highest BCUT2D eigenvalue weighted by atomic mass is 19.1. The van der Waals surface area contributed by atoms with Crippen LogP contribution in [0.2, 0.25) is 0 Å². The summed E-state index contributed by atoms with van der Waals surface area (Å²) in [6.07, 6.45) is 5.60. The van der Waals surface area contributed by atoms with Crippen LogP contribution in [-0.2, 0) is 19.1 Å². The van der Waals surface area contributed by atoms with Crippen LogP contribution in [0.25, 0.3) is 10.9 Å². The van der Waals surface area contributed by atoms with Crippen molar-refractivity contribution in [2.24, 2.45) is 11.3 Å². The summed E-state index contributed by atoms with van der Waals surface area (Å²) in [5.74, 6) is -1.05. The minimum atomic E-state index is -1.28. The van der Waals surface area contributed by atoms with Crippen molar-refractivity contribution in [3.8, 4) is 17.2 Å². The fraction of sp³-hybridized carbons (Fsp3) is 0.385. The van der Waals surface area contributed by atoms with Gasteiger partial charge in [0, 0.05) is 54.1 Å². The van der Waals surface area contributed by atoms with Gasteiger partial charge in [-0.05, 0) is 99.2 Å². The van der Waals surface area contributed by atoms with Crippen LogP contribution in [0.5, 0.6) is 17.2 Å². The number of pyridine rings is 1. The molecule has 4 aromatic rings. The molecule has 2 amide bonds. The predicted molar refractivity (Wildman–Crippen MR) is 189 cm³/mol. The second-order valence-corrected chi connectivity index (χ2v) is 13.5. The van der Waals surface area contributed by atoms with Crippen LogP contribution >= 0.6 is 0 Å². The van der Waals surface area contributed by atoms with Gasteiger partial charge in [-0.25, -0.2) is 8.78 Å². The Bertz CT molecular complexity index is 1880. The molecule has 1 aliphatic heterocycles. The quantitative estimate of drug-likeness (QED) is 0.0745. The maximum Gasteiger partial charge on any atom is 0.306 e. The molecule has 2 N–H and O–H groups in total. The Kier molecular flexibility index (Phi) is 11.1. The zero-order valence-corrected chi connectivity index (χ0v) is 28.8. The second-order valence-electron chi connectivity index (χ2n) is 13.5. The van der Waals surface area contributed by atoms with Crippen LogP contribution in [0, 0.1) is 23.0 Å². The van der Waals surface area contributed by atoms with Gasteiger partial charge < -0.3 is 24.8 Å². The number of aromatic nitrogens is 1. The third-order valence-corrected chi connectivity index (χ3v) is 9.17. The SMILES string of the molecule is CC(C)CC(=O)OCC1CCCN1CCCOc1ccc2c(Oc3ccc(NC(=O)C4(C(=O)Nc5ccc(F)cc5)CC4)cc3F)ccnc2c1. The maximum absolute atomic E-state index is 15.2. The van der Waals surface area contributed by atoms with E-state index in [1.807, 2.05) is 32.0 Å². The van der Waals surface area contributed by atoms with Crippen molar-refractivity contribution in [2.75, 3.05) is 36.9 Å². The molecule has 51 heavy (non-hydrogen) atoms. The summed E-state index contributed by atoms with van der Waals surface area (Å²) in [5.41, 5.74) is -0.106. The second kappa shape index (κ2) is 15.8. The first kappa shape index (κ1) is 35.7. The molecule has 6 rings (SSSR count). The molecule has 0 bridgehead atoms. The number of ether oxygens (including phenoxy) is 3. The van der Waals surface area contributed by atoms with Gasteiger partial charge in [-0.2, -0.15) is 0 Å². The van der Waals surface area contributed by atoms with E-state index in [1.54, 1.807) is 12.3 Å². The van der Waals surface area contributed by atoms with Gasteiger partial charge in [0.2, 0.25) is 11.8 Å². The average molecular weight is 701 g/mol. The van der Waals surface area contributed by atoms with Gasteiger partial charge in [0.05, 0.1) is 12.1 Å². The zero-order valence-electron chi connectivity index (χ0n) is 28.8. The van der Waals surface area contributed by atoms with Crippen LogP contribution in [0.4, 0.5) is 20.2 Å². The number of esters is 1. The van der Waals surface area contributed by atoms with Crippen LogP contribution in [0.15, 0.2) is 72.9 Å². The van der Waals surface area contributed by atoms with Crippen molar-refractivity contribution in [3.63, 3.8) is 0 Å². The molecule has 1 unspecified atom stereocenters. The zero-order chi connectivity index (χ0) is 36.0. The number of hydrogen-bond acceptors (Lipinski definition) is 8. The first-order chi connectivity index (χ1) is 24.6. The van der Waals surface area contributed by atoms with Gasteiger partial charge in [-0.1, -0.05) is 13.8 Å². The summed E-state index contributed by atoms with van der Waals surface area (Å²) in [6.45, 7) is 6.77. The number of carbonyl (C=O) groups is 3. The number of rotatable bonds is 15. The highest BCUT2D eigenvalue weighted by Crippen LogP contribution is 2.47. The van der Waals surface area contributed by atoms with E-state index in [4.69, 9.17) is 14.2 Å². The van der Waals surface area contributed by atoms with Gasteiger partial charge in [-0.3, -0.25) is 24.3 Å². The number of benzene rings is 3. The summed E-state index contributed by atoms with van der Waals surface area (Å²) in [5, 5.41) is 5.96. The first-order valence-electron chi connectivity index (χ1n) is 17.4. The lowest BCUT2D eigenvalue weighted by Crippen LogP contribution is -2.35. The molecule has 0 spiro atoms. The molecule has 1 aliphatic carbocycles. The van der Waals surface area contributed by atoms with Crippen LogP contribution in [0.3, 0.4) is 0 Å². The van der Waals surface area contributed by atoms with E-state index in [2.05, 4.69) is 20.5 Å². The monoisotopic (exact) mass is 700 g/mol. The van der Waals surface area contributed by atoms with Crippen molar-refractivity contribution in [2.45, 2.75) is 58.4 Å². The molecule has 268 valence electrons. The molecular formula is C39H42F2N4O6. The lowest BCUT2D eigenvalue weighted by atomic mass is 10.0. The standard InChI is InChI=1S/C39H42F2N4O6/c1-25(2)21-36(46)50-24-29-5-3-18-45(29)19-4-20-49-30-11-12-31-33(23-30)42-17-14-34(31)51-35-13-10-28(22-32(35)41)44-38(48)39(15-16-39)37(47)43-27-8-6-26(40)7-9-27/h6-14,17,22-23,25,29H,3-5,15-16,18-21,24H2,1-2H3,(H,43,47)(H,44,48). The fourth-order valence-corrected chi connectivity index (χ4v) is 6.19. The van der Waals surface area contributed by atoms with Crippen LogP contribution in [-0.4, -0.2) is 60.0 Å². The maximum atomic E-state index is 15.2. The third-order valence-electron chi connectivity index (χ3n) is 9.17. The van der Waals surface area contributed by atoms with E-state index < -0.39 is 28.9 Å². The van der Waals surface area contributed by atoms with Gasteiger partial charge in [0.1, 0.15) is 29.3 Å². The number of amides is 2. The Morgan fingerprint density at radius 3 is 2.41 bits per heavy atom. The Balaban J connectivity index is 1.00. The molecule has 2 fully saturated rings. The molecule has 2 heterocycles. The molecule has 12 heteroatoms. The van der Waals surface area contributed by atoms with Gasteiger partial charge in [0.15, 0.2) is 11.6 Å². The number of nitrogens with zero attached hydrogens (tertiary/aromatic N) is 2. The summed E-state index contributed by atoms with van der Waals surface area (Å²) in [6, 6.07) is 16.6. The van der Waals surface area contributed by atoms with Gasteiger partial charge in [0.25, 0.3) is 0 Å². The molecule has 1 saturated carbocycles. The third kappa shape index (κ3) is 8.99. The average Bonchev–Trinajstić information content (AvgIpc) is 3.81. The van der Waals surface area contributed by atoms with Crippen LogP contribution in [0.1, 0.15) is 52.4 Å². The van der Waals surface area contributed by atoms with E-state index in [1.165, 1.54) is 36.4 Å². The lowest BCUT2D eigenvalue weighted by Gasteiger charge is -2.24. The minimum absolute atomic E-state index is 0.0501. The topological polar surface area (TPSA) is 119 Å². The number of halogens is 2. The van der Waals surface area contributed by atoms with E-state index in [9.17, 15) is 18.8 Å². The number of likely N-dealkylation sites (tertiary alicyclic amines) is 1. The smallest absolute Gasteiger partial charge is 0.306 e. The van der Waals surface area contributed by atoms with Gasteiger partial charge in [-0.15, -0.1) is 0 Å². The van der Waals surface area contributed by atoms with Crippen molar-refractivity contribution < 1.29 is 37.4 Å². The normalized spacial score (nSPS) is 16.5. The van der Waals surface area contributed by atoms with E-state index >= 15 is 4.39 Å². The highest BCUT2D eigenvalue weighted by molar-refractivity contribution is 6.16. The number of anilines is 2. The summed E-state index contributed by atoms with van der Waals surface area (Å²) in [4.78, 5) is 44.7. The fourth-order valence-electron chi connectivity index (χ4n) is 6.19. The molecule has 2 aliphatic rings. The van der Waals surface area contributed by atoms with E-state index in [0.717, 1.165) is 38.4 Å². The lowest BCUT2D eigenvalue weighted by molar-refractivity contribution is -0.146.